The first-order valence-electron chi connectivity index (χ1n) is 5.19. The van der Waals surface area contributed by atoms with Gasteiger partial charge in [0.2, 0.25) is 0 Å². The molecule has 0 aromatic heterocycles. The van der Waals surface area contributed by atoms with Crippen molar-refractivity contribution >= 4 is 29.3 Å². The third-order valence-corrected chi connectivity index (χ3v) is 2.61. The van der Waals surface area contributed by atoms with Crippen molar-refractivity contribution in [3.8, 4) is 11.5 Å². The van der Waals surface area contributed by atoms with Crippen molar-refractivity contribution in [2.24, 2.45) is 0 Å². The Morgan fingerprint density at radius 3 is 2.17 bits per heavy atom. The van der Waals surface area contributed by atoms with Crippen molar-refractivity contribution in [3.63, 3.8) is 0 Å². The Hall–Kier alpha value is -2.08. The first kappa shape index (κ1) is 12.4. The van der Waals surface area contributed by atoms with E-state index in [1.807, 2.05) is 0 Å². The highest BCUT2D eigenvalue weighted by molar-refractivity contribution is 7.80. The fraction of sp³-hybridized carbons (Fsp3) is 0.167. The topological polar surface area (TPSA) is 59.6 Å². The average Bonchev–Trinajstić information content (AvgIpc) is 2.67. The van der Waals surface area contributed by atoms with Gasteiger partial charge in [-0.25, -0.2) is 0 Å². The molecule has 2 rings (SSSR count). The van der Waals surface area contributed by atoms with Gasteiger partial charge in [-0.15, -0.1) is 0 Å². The molecular weight excluding hydrogens is 252 g/mol. The van der Waals surface area contributed by atoms with Gasteiger partial charge in [-0.2, -0.15) is 0 Å². The predicted octanol–water partition coefficient (Wildman–Crippen LogP) is 1.05. The van der Waals surface area contributed by atoms with Crippen LogP contribution in [0.5, 0.6) is 11.5 Å². The van der Waals surface area contributed by atoms with Crippen molar-refractivity contribution in [2.45, 2.75) is 0 Å². The van der Waals surface area contributed by atoms with E-state index >= 15 is 0 Å². The van der Waals surface area contributed by atoms with Crippen molar-refractivity contribution in [2.75, 3.05) is 14.2 Å². The lowest BCUT2D eigenvalue weighted by atomic mass is 10.1. The Kier molecular flexibility index (Phi) is 3.47. The number of benzene rings is 1. The highest BCUT2D eigenvalue weighted by atomic mass is 32.1. The van der Waals surface area contributed by atoms with Gasteiger partial charge < -0.3 is 14.8 Å². The molecule has 0 bridgehead atoms. The van der Waals surface area contributed by atoms with E-state index in [2.05, 4.69) is 10.6 Å². The van der Waals surface area contributed by atoms with Crippen molar-refractivity contribution in [3.05, 3.63) is 29.5 Å². The van der Waals surface area contributed by atoms with Crippen LogP contribution in [0.25, 0.3) is 6.08 Å². The summed E-state index contributed by atoms with van der Waals surface area (Å²) in [4.78, 5) is 11.5. The SMILES string of the molecule is COc1cc(/C=C2/NC(=S)NC2=O)cc(OC)c1. The number of methoxy groups -OCH3 is 2. The fourth-order valence-corrected chi connectivity index (χ4v) is 1.76. The first-order chi connectivity index (χ1) is 8.62. The minimum Gasteiger partial charge on any atom is -0.497 e. The number of hydrogen-bond acceptors (Lipinski definition) is 4. The highest BCUT2D eigenvalue weighted by Gasteiger charge is 2.19. The maximum absolute atomic E-state index is 11.5. The van der Waals surface area contributed by atoms with Crippen molar-refractivity contribution < 1.29 is 14.3 Å². The van der Waals surface area contributed by atoms with Gasteiger partial charge in [0, 0.05) is 6.07 Å². The fourth-order valence-electron chi connectivity index (χ4n) is 1.56. The summed E-state index contributed by atoms with van der Waals surface area (Å²) in [6, 6.07) is 5.35. The normalized spacial score (nSPS) is 16.4. The maximum Gasteiger partial charge on any atom is 0.273 e. The number of ether oxygens (including phenoxy) is 2. The zero-order chi connectivity index (χ0) is 13.1. The zero-order valence-electron chi connectivity index (χ0n) is 9.94. The van der Waals surface area contributed by atoms with Crippen LogP contribution in [-0.4, -0.2) is 25.2 Å². The Balaban J connectivity index is 2.36. The molecule has 2 N–H and O–H groups in total. The number of hydrogen-bond donors (Lipinski definition) is 2. The summed E-state index contributed by atoms with van der Waals surface area (Å²) in [7, 11) is 3.14. The summed E-state index contributed by atoms with van der Waals surface area (Å²) in [5, 5.41) is 5.58. The zero-order valence-corrected chi connectivity index (χ0v) is 10.8. The second kappa shape index (κ2) is 5.05. The second-order valence-corrected chi connectivity index (χ2v) is 4.02. The molecule has 1 aliphatic rings. The monoisotopic (exact) mass is 264 g/mol. The van der Waals surface area contributed by atoms with Gasteiger partial charge >= 0.3 is 0 Å². The van der Waals surface area contributed by atoms with Gasteiger partial charge in [-0.1, -0.05) is 0 Å². The molecule has 6 heteroatoms. The summed E-state index contributed by atoms with van der Waals surface area (Å²) >= 11 is 4.85. The smallest absolute Gasteiger partial charge is 0.273 e. The van der Waals surface area contributed by atoms with Crippen LogP contribution in [0.3, 0.4) is 0 Å². The average molecular weight is 264 g/mol. The number of thiocarbonyl (C=S) groups is 1. The lowest BCUT2D eigenvalue weighted by Gasteiger charge is -2.06. The van der Waals surface area contributed by atoms with Crippen LogP contribution in [0, 0.1) is 0 Å². The van der Waals surface area contributed by atoms with E-state index in [-0.39, 0.29) is 5.91 Å². The quantitative estimate of drug-likeness (QED) is 0.631. The Morgan fingerprint density at radius 2 is 1.72 bits per heavy atom. The molecular formula is C12H12N2O3S. The van der Waals surface area contributed by atoms with Crippen LogP contribution >= 0.6 is 12.2 Å². The van der Waals surface area contributed by atoms with E-state index in [1.54, 1.807) is 38.5 Å². The van der Waals surface area contributed by atoms with Crippen LogP contribution in [0.2, 0.25) is 0 Å². The van der Waals surface area contributed by atoms with E-state index in [9.17, 15) is 4.79 Å². The number of rotatable bonds is 3. The minimum absolute atomic E-state index is 0.248. The summed E-state index contributed by atoms with van der Waals surface area (Å²) < 4.78 is 10.3. The molecule has 1 amide bonds. The Labute approximate surface area is 110 Å². The molecule has 1 aliphatic heterocycles. The van der Waals surface area contributed by atoms with Crippen LogP contribution < -0.4 is 20.1 Å². The molecule has 1 heterocycles. The molecule has 0 atom stereocenters. The van der Waals surface area contributed by atoms with Crippen molar-refractivity contribution in [1.29, 1.82) is 0 Å². The molecule has 1 fully saturated rings. The van der Waals surface area contributed by atoms with E-state index in [4.69, 9.17) is 21.7 Å². The van der Waals surface area contributed by atoms with E-state index in [0.717, 1.165) is 5.56 Å². The largest absolute Gasteiger partial charge is 0.497 e. The molecule has 0 radical (unpaired) electrons. The molecule has 0 saturated carbocycles. The summed E-state index contributed by atoms with van der Waals surface area (Å²) in [6.45, 7) is 0. The number of nitrogens with one attached hydrogen (secondary N) is 2. The van der Waals surface area contributed by atoms with Gasteiger partial charge in [0.25, 0.3) is 5.91 Å². The summed E-state index contributed by atoms with van der Waals surface area (Å²) in [6.07, 6.45) is 1.68. The van der Waals surface area contributed by atoms with Gasteiger partial charge in [0.1, 0.15) is 17.2 Å². The Morgan fingerprint density at radius 1 is 1.11 bits per heavy atom. The van der Waals surface area contributed by atoms with Gasteiger partial charge in [-0.3, -0.25) is 10.1 Å². The molecule has 0 unspecified atom stereocenters. The minimum atomic E-state index is -0.248. The molecule has 0 aliphatic carbocycles. The van der Waals surface area contributed by atoms with Crippen LogP contribution in [0.15, 0.2) is 23.9 Å². The molecule has 18 heavy (non-hydrogen) atoms. The molecule has 94 valence electrons. The molecule has 1 aromatic rings. The first-order valence-corrected chi connectivity index (χ1v) is 5.60. The van der Waals surface area contributed by atoms with E-state index in [1.165, 1.54) is 0 Å². The van der Waals surface area contributed by atoms with Crippen LogP contribution in [-0.2, 0) is 4.79 Å². The van der Waals surface area contributed by atoms with Crippen LogP contribution in [0.4, 0.5) is 0 Å². The van der Waals surface area contributed by atoms with Gasteiger partial charge in [0.05, 0.1) is 14.2 Å². The number of amides is 1. The third kappa shape index (κ3) is 2.60. The molecule has 5 nitrogen and oxygen atoms in total. The van der Waals surface area contributed by atoms with E-state index in [0.29, 0.717) is 22.3 Å². The molecule has 0 spiro atoms. The molecule has 1 saturated heterocycles. The van der Waals surface area contributed by atoms with Gasteiger partial charge in [0.15, 0.2) is 5.11 Å². The third-order valence-electron chi connectivity index (χ3n) is 2.40. The number of carbonyl (C=O) groups excluding carboxylic acids is 1. The van der Waals surface area contributed by atoms with Gasteiger partial charge in [-0.05, 0) is 36.0 Å². The predicted molar refractivity (Wildman–Crippen MR) is 71.4 cm³/mol. The van der Waals surface area contributed by atoms with Crippen molar-refractivity contribution in [1.82, 2.24) is 10.6 Å². The maximum atomic E-state index is 11.5. The summed E-state index contributed by atoms with van der Waals surface area (Å²) in [5.41, 5.74) is 1.18. The van der Waals surface area contributed by atoms with E-state index < -0.39 is 0 Å². The summed E-state index contributed by atoms with van der Waals surface area (Å²) in [5.74, 6) is 1.06. The lowest BCUT2D eigenvalue weighted by molar-refractivity contribution is -0.115. The lowest BCUT2D eigenvalue weighted by Crippen LogP contribution is -2.21. The number of carbonyl (C=O) groups is 1. The highest BCUT2D eigenvalue weighted by Crippen LogP contribution is 2.24. The second-order valence-electron chi connectivity index (χ2n) is 3.61. The Bertz CT molecular complexity index is 518. The molecule has 1 aromatic carbocycles. The van der Waals surface area contributed by atoms with Crippen LogP contribution in [0.1, 0.15) is 5.56 Å². The standard InChI is InChI=1S/C12H12N2O3S/c1-16-8-3-7(4-9(6-8)17-2)5-10-11(15)14-12(18)13-10/h3-6H,1-2H3,(H2,13,14,15,18)/b10-5+.